The summed E-state index contributed by atoms with van der Waals surface area (Å²) in [5.41, 5.74) is 2.32. The predicted molar refractivity (Wildman–Crippen MR) is 109 cm³/mol. The molecule has 1 atom stereocenters. The Kier molecular flexibility index (Phi) is 6.64. The molecule has 0 fully saturated rings. The molecule has 2 aromatic carbocycles. The molecule has 3 aromatic rings. The molecule has 0 aliphatic rings. The quantitative estimate of drug-likeness (QED) is 0.580. The first-order chi connectivity index (χ1) is 14.0. The number of benzene rings is 2. The first-order valence-electron chi connectivity index (χ1n) is 8.89. The van der Waals surface area contributed by atoms with Crippen LogP contribution in [0.1, 0.15) is 15.9 Å². The molecule has 3 rings (SSSR count). The topological polar surface area (TPSA) is 93.5 Å². The zero-order chi connectivity index (χ0) is 20.8. The molecule has 0 bridgehead atoms. The molecule has 1 aromatic heterocycles. The summed E-state index contributed by atoms with van der Waals surface area (Å²) in [5, 5.41) is 17.0. The zero-order valence-corrected chi connectivity index (χ0v) is 16.5. The molecule has 0 saturated heterocycles. The molecular formula is C21H20ClN3O4. The Morgan fingerprint density at radius 1 is 1.17 bits per heavy atom. The van der Waals surface area contributed by atoms with Crippen LogP contribution in [0.4, 0.5) is 0 Å². The minimum Gasteiger partial charge on any atom is -0.467 e. The first-order valence-corrected chi connectivity index (χ1v) is 9.27. The molecule has 0 aliphatic carbocycles. The second-order valence-electron chi connectivity index (χ2n) is 6.28. The maximum atomic E-state index is 12.9. The average Bonchev–Trinajstić information content (AvgIpc) is 3.17. The van der Waals surface area contributed by atoms with E-state index in [0.717, 1.165) is 11.1 Å². The van der Waals surface area contributed by atoms with E-state index in [-0.39, 0.29) is 5.56 Å². The lowest BCUT2D eigenvalue weighted by molar-refractivity contribution is -0.143. The lowest BCUT2D eigenvalue weighted by atomic mass is 10.1. The molecule has 1 heterocycles. The Morgan fingerprint density at radius 3 is 2.52 bits per heavy atom. The third kappa shape index (κ3) is 4.82. The number of halogens is 1. The smallest absolute Gasteiger partial charge is 0.330 e. The lowest BCUT2D eigenvalue weighted by Crippen LogP contribution is -2.44. The fraction of sp³-hybridized carbons (Fsp3) is 0.190. The van der Waals surface area contributed by atoms with Gasteiger partial charge in [-0.05, 0) is 11.6 Å². The normalized spacial score (nSPS) is 11.7. The Balaban J connectivity index is 1.96. The van der Waals surface area contributed by atoms with Gasteiger partial charge in [0.1, 0.15) is 5.69 Å². The molecule has 0 unspecified atom stereocenters. The molecule has 2 N–H and O–H groups in total. The summed E-state index contributed by atoms with van der Waals surface area (Å²) in [7, 11) is 1.19. The van der Waals surface area contributed by atoms with Gasteiger partial charge in [-0.15, -0.1) is 0 Å². The van der Waals surface area contributed by atoms with E-state index in [2.05, 4.69) is 15.2 Å². The predicted octanol–water partition coefficient (Wildman–Crippen LogP) is 2.52. The van der Waals surface area contributed by atoms with Gasteiger partial charge in [0.2, 0.25) is 0 Å². The van der Waals surface area contributed by atoms with Gasteiger partial charge in [-0.25, -0.2) is 4.79 Å². The van der Waals surface area contributed by atoms with Gasteiger partial charge in [0, 0.05) is 16.8 Å². The minimum absolute atomic E-state index is 0.269. The number of carbonyl (C=O) groups excluding carboxylic acids is 2. The maximum absolute atomic E-state index is 12.9. The Hall–Kier alpha value is -3.16. The van der Waals surface area contributed by atoms with Crippen LogP contribution in [0.15, 0.2) is 60.8 Å². The summed E-state index contributed by atoms with van der Waals surface area (Å²) >= 11 is 6.24. The SMILES string of the molecule is COC(=O)[C@@H](CO)NC(=O)c1cn(Cc2ccccc2Cl)nc1-c1ccccc1. The van der Waals surface area contributed by atoms with Crippen molar-refractivity contribution in [1.82, 2.24) is 15.1 Å². The number of amides is 1. The largest absolute Gasteiger partial charge is 0.467 e. The highest BCUT2D eigenvalue weighted by Crippen LogP contribution is 2.23. The second-order valence-corrected chi connectivity index (χ2v) is 6.69. The first kappa shape index (κ1) is 20.6. The number of hydrogen-bond acceptors (Lipinski definition) is 5. The number of nitrogens with zero attached hydrogens (tertiary/aromatic N) is 2. The third-order valence-electron chi connectivity index (χ3n) is 4.32. The molecule has 0 spiro atoms. The van der Waals surface area contributed by atoms with Gasteiger partial charge in [-0.1, -0.05) is 60.1 Å². The van der Waals surface area contributed by atoms with Crippen LogP contribution in [0.2, 0.25) is 5.02 Å². The Labute approximate surface area is 172 Å². The third-order valence-corrected chi connectivity index (χ3v) is 4.69. The number of ether oxygens (including phenoxy) is 1. The van der Waals surface area contributed by atoms with Gasteiger partial charge < -0.3 is 15.2 Å². The average molecular weight is 414 g/mol. The van der Waals surface area contributed by atoms with Crippen LogP contribution < -0.4 is 5.32 Å². The number of nitrogens with one attached hydrogen (secondary N) is 1. The molecule has 7 nitrogen and oxygen atoms in total. The van der Waals surface area contributed by atoms with Crippen LogP contribution in [0.5, 0.6) is 0 Å². The summed E-state index contributed by atoms with van der Waals surface area (Å²) in [4.78, 5) is 24.6. The number of aliphatic hydroxyl groups is 1. The summed E-state index contributed by atoms with van der Waals surface area (Å²) < 4.78 is 6.22. The van der Waals surface area contributed by atoms with Crippen molar-refractivity contribution in [1.29, 1.82) is 0 Å². The Morgan fingerprint density at radius 2 is 1.86 bits per heavy atom. The fourth-order valence-corrected chi connectivity index (χ4v) is 3.03. The molecular weight excluding hydrogens is 394 g/mol. The van der Waals surface area contributed by atoms with Crippen LogP contribution in [0.3, 0.4) is 0 Å². The van der Waals surface area contributed by atoms with E-state index in [4.69, 9.17) is 11.6 Å². The molecule has 150 valence electrons. The van der Waals surface area contributed by atoms with E-state index >= 15 is 0 Å². The van der Waals surface area contributed by atoms with Crippen LogP contribution in [-0.4, -0.2) is 46.5 Å². The number of aliphatic hydroxyl groups excluding tert-OH is 1. The number of aromatic nitrogens is 2. The van der Waals surface area contributed by atoms with E-state index in [1.54, 1.807) is 16.9 Å². The van der Waals surface area contributed by atoms with Gasteiger partial charge >= 0.3 is 5.97 Å². The van der Waals surface area contributed by atoms with Gasteiger partial charge in [0.05, 0.1) is 25.8 Å². The van der Waals surface area contributed by atoms with Gasteiger partial charge in [-0.2, -0.15) is 5.10 Å². The van der Waals surface area contributed by atoms with E-state index in [0.29, 0.717) is 17.3 Å². The van der Waals surface area contributed by atoms with Crippen molar-refractivity contribution in [2.45, 2.75) is 12.6 Å². The molecule has 0 aliphatic heterocycles. The number of methoxy groups -OCH3 is 1. The lowest BCUT2D eigenvalue weighted by Gasteiger charge is -2.13. The monoisotopic (exact) mass is 413 g/mol. The molecule has 29 heavy (non-hydrogen) atoms. The van der Waals surface area contributed by atoms with Crippen molar-refractivity contribution >= 4 is 23.5 Å². The minimum atomic E-state index is -1.16. The van der Waals surface area contributed by atoms with Gasteiger partial charge in [-0.3, -0.25) is 9.48 Å². The number of esters is 1. The number of carbonyl (C=O) groups is 2. The molecule has 0 radical (unpaired) electrons. The van der Waals surface area contributed by atoms with E-state index in [9.17, 15) is 14.7 Å². The van der Waals surface area contributed by atoms with Crippen molar-refractivity contribution in [2.75, 3.05) is 13.7 Å². The van der Waals surface area contributed by atoms with Crippen molar-refractivity contribution in [3.8, 4) is 11.3 Å². The van der Waals surface area contributed by atoms with E-state index in [1.807, 2.05) is 48.5 Å². The second kappa shape index (κ2) is 9.36. The zero-order valence-electron chi connectivity index (χ0n) is 15.7. The van der Waals surface area contributed by atoms with Gasteiger partial charge in [0.15, 0.2) is 6.04 Å². The summed E-state index contributed by atoms with van der Waals surface area (Å²) in [6, 6.07) is 15.4. The van der Waals surface area contributed by atoms with Crippen LogP contribution in [0, 0.1) is 0 Å². The number of rotatable bonds is 7. The standard InChI is InChI=1S/C21H20ClN3O4/c1-29-21(28)18(13-26)23-20(27)16-12-25(11-15-9-5-6-10-17(15)22)24-19(16)14-7-3-2-4-8-14/h2-10,12,18,26H,11,13H2,1H3,(H,23,27)/t18-/m1/s1. The van der Waals surface area contributed by atoms with Crippen molar-refractivity contribution in [3.05, 3.63) is 76.9 Å². The highest BCUT2D eigenvalue weighted by atomic mass is 35.5. The van der Waals surface area contributed by atoms with Crippen LogP contribution in [0.25, 0.3) is 11.3 Å². The fourth-order valence-electron chi connectivity index (χ4n) is 2.84. The van der Waals surface area contributed by atoms with Crippen LogP contribution in [-0.2, 0) is 16.1 Å². The van der Waals surface area contributed by atoms with E-state index in [1.165, 1.54) is 7.11 Å². The number of hydrogen-bond donors (Lipinski definition) is 2. The van der Waals surface area contributed by atoms with Gasteiger partial charge in [0.25, 0.3) is 5.91 Å². The highest BCUT2D eigenvalue weighted by molar-refractivity contribution is 6.31. The van der Waals surface area contributed by atoms with Crippen molar-refractivity contribution in [2.24, 2.45) is 0 Å². The summed E-state index contributed by atoms with van der Waals surface area (Å²) in [6.07, 6.45) is 1.59. The maximum Gasteiger partial charge on any atom is 0.330 e. The summed E-state index contributed by atoms with van der Waals surface area (Å²) in [6.45, 7) is -0.208. The van der Waals surface area contributed by atoms with E-state index < -0.39 is 24.5 Å². The van der Waals surface area contributed by atoms with Crippen molar-refractivity contribution in [3.63, 3.8) is 0 Å². The van der Waals surface area contributed by atoms with Crippen molar-refractivity contribution < 1.29 is 19.4 Å². The van der Waals surface area contributed by atoms with Crippen LogP contribution >= 0.6 is 11.6 Å². The molecule has 1 amide bonds. The molecule has 8 heteroatoms. The molecule has 0 saturated carbocycles. The highest BCUT2D eigenvalue weighted by Gasteiger charge is 2.25. The summed E-state index contributed by atoms with van der Waals surface area (Å²) in [5.74, 6) is -1.27. The Bertz CT molecular complexity index is 1000.